The number of hydrogen-bond donors (Lipinski definition) is 1. The maximum absolute atomic E-state index is 12.9. The van der Waals surface area contributed by atoms with E-state index in [0.717, 1.165) is 30.6 Å². The van der Waals surface area contributed by atoms with Gasteiger partial charge >= 0.3 is 0 Å². The summed E-state index contributed by atoms with van der Waals surface area (Å²) in [6, 6.07) is 11.4. The Morgan fingerprint density at radius 1 is 1.10 bits per heavy atom. The van der Waals surface area contributed by atoms with E-state index in [9.17, 15) is 13.2 Å². The van der Waals surface area contributed by atoms with Crippen LogP contribution in [-0.2, 0) is 10.0 Å². The van der Waals surface area contributed by atoms with Crippen molar-refractivity contribution in [2.75, 3.05) is 20.2 Å². The zero-order valence-electron chi connectivity index (χ0n) is 16.5. The summed E-state index contributed by atoms with van der Waals surface area (Å²) in [5.74, 6) is 0.306. The zero-order valence-corrected chi connectivity index (χ0v) is 18.1. The van der Waals surface area contributed by atoms with Crippen LogP contribution < -0.4 is 10.1 Å². The van der Waals surface area contributed by atoms with Gasteiger partial charge in [0.25, 0.3) is 5.91 Å². The van der Waals surface area contributed by atoms with Gasteiger partial charge in [-0.15, -0.1) is 0 Å². The van der Waals surface area contributed by atoms with Gasteiger partial charge in [0.2, 0.25) is 10.0 Å². The van der Waals surface area contributed by atoms with E-state index < -0.39 is 15.9 Å². The van der Waals surface area contributed by atoms with Gasteiger partial charge in [0.05, 0.1) is 28.6 Å². The Morgan fingerprint density at radius 2 is 1.76 bits per heavy atom. The molecule has 1 amide bonds. The van der Waals surface area contributed by atoms with Crippen LogP contribution in [0.5, 0.6) is 5.75 Å². The number of carbonyl (C=O) groups is 1. The first-order valence-electron chi connectivity index (χ1n) is 9.57. The highest BCUT2D eigenvalue weighted by Crippen LogP contribution is 2.26. The highest BCUT2D eigenvalue weighted by atomic mass is 35.5. The second-order valence-corrected chi connectivity index (χ2v) is 9.42. The van der Waals surface area contributed by atoms with Crippen molar-refractivity contribution >= 4 is 27.5 Å². The van der Waals surface area contributed by atoms with E-state index in [4.69, 9.17) is 16.3 Å². The molecule has 0 aromatic heterocycles. The second-order valence-electron chi connectivity index (χ2n) is 7.07. The van der Waals surface area contributed by atoms with E-state index in [1.807, 2.05) is 31.2 Å². The summed E-state index contributed by atoms with van der Waals surface area (Å²) in [6.07, 6.45) is 2.72. The molecule has 0 bridgehead atoms. The molecule has 0 spiro atoms. The predicted octanol–water partition coefficient (Wildman–Crippen LogP) is 4.01. The Balaban J connectivity index is 1.80. The summed E-state index contributed by atoms with van der Waals surface area (Å²) < 4.78 is 32.5. The zero-order chi connectivity index (χ0) is 21.0. The van der Waals surface area contributed by atoms with E-state index in [-0.39, 0.29) is 21.5 Å². The largest absolute Gasteiger partial charge is 0.497 e. The Kier molecular flexibility index (Phi) is 6.82. The van der Waals surface area contributed by atoms with E-state index in [1.165, 1.54) is 22.5 Å². The summed E-state index contributed by atoms with van der Waals surface area (Å²) >= 11 is 6.21. The van der Waals surface area contributed by atoms with E-state index in [2.05, 4.69) is 5.32 Å². The minimum atomic E-state index is -3.64. The first-order chi connectivity index (χ1) is 13.8. The number of nitrogens with one attached hydrogen (secondary N) is 1. The minimum absolute atomic E-state index is 0.0889. The lowest BCUT2D eigenvalue weighted by molar-refractivity contribution is 0.0940. The van der Waals surface area contributed by atoms with Gasteiger partial charge < -0.3 is 10.1 Å². The first kappa shape index (κ1) is 21.6. The van der Waals surface area contributed by atoms with Crippen LogP contribution in [0.1, 0.15) is 48.1 Å². The lowest BCUT2D eigenvalue weighted by atomic mass is 10.1. The molecule has 8 heteroatoms. The standard InChI is InChI=1S/C21H25ClN2O4S/c1-15(16-6-8-17(28-2)9-7-16)23-21(25)19-14-18(10-11-20(19)22)29(26,27)24-12-4-3-5-13-24/h6-11,14-15H,3-5,12-13H2,1-2H3,(H,23,25)/t15-/m1/s1. The third kappa shape index (κ3) is 4.91. The molecule has 1 saturated heterocycles. The van der Waals surface area contributed by atoms with Crippen LogP contribution in [0.25, 0.3) is 0 Å². The van der Waals surface area contributed by atoms with Gasteiger partial charge in [0.1, 0.15) is 5.75 Å². The van der Waals surface area contributed by atoms with E-state index in [1.54, 1.807) is 7.11 Å². The summed E-state index contributed by atoms with van der Waals surface area (Å²) in [5, 5.41) is 3.09. The summed E-state index contributed by atoms with van der Waals surface area (Å²) in [6.45, 7) is 2.85. The molecule has 1 N–H and O–H groups in total. The molecule has 1 heterocycles. The van der Waals surface area contributed by atoms with Gasteiger partial charge in [0.15, 0.2) is 0 Å². The van der Waals surface area contributed by atoms with Crippen molar-refractivity contribution in [3.63, 3.8) is 0 Å². The third-order valence-electron chi connectivity index (χ3n) is 5.10. The number of amides is 1. The molecule has 0 radical (unpaired) electrons. The van der Waals surface area contributed by atoms with Gasteiger partial charge in [-0.1, -0.05) is 30.2 Å². The summed E-state index contributed by atoms with van der Waals surface area (Å²) in [4.78, 5) is 12.9. The van der Waals surface area contributed by atoms with Crippen LogP contribution in [0, 0.1) is 0 Å². The molecule has 6 nitrogen and oxygen atoms in total. The van der Waals surface area contributed by atoms with E-state index in [0.29, 0.717) is 13.1 Å². The molecular weight excluding hydrogens is 412 g/mol. The van der Waals surface area contributed by atoms with Crippen LogP contribution in [0.4, 0.5) is 0 Å². The van der Waals surface area contributed by atoms with Crippen molar-refractivity contribution in [1.82, 2.24) is 9.62 Å². The molecule has 1 aliphatic rings. The van der Waals surface area contributed by atoms with Crippen molar-refractivity contribution in [1.29, 1.82) is 0 Å². The fraction of sp³-hybridized carbons (Fsp3) is 0.381. The average Bonchev–Trinajstić information content (AvgIpc) is 2.74. The number of halogens is 1. The first-order valence-corrected chi connectivity index (χ1v) is 11.4. The Hall–Kier alpha value is -2.09. The molecule has 0 saturated carbocycles. The van der Waals surface area contributed by atoms with Gasteiger partial charge in [-0.3, -0.25) is 4.79 Å². The SMILES string of the molecule is COc1ccc([C@@H](C)NC(=O)c2cc(S(=O)(=O)N3CCCCC3)ccc2Cl)cc1. The van der Waals surface area contributed by atoms with E-state index >= 15 is 0 Å². The average molecular weight is 437 g/mol. The van der Waals surface area contributed by atoms with Crippen LogP contribution in [0.15, 0.2) is 47.4 Å². The molecule has 3 rings (SSSR count). The highest BCUT2D eigenvalue weighted by Gasteiger charge is 2.27. The quantitative estimate of drug-likeness (QED) is 0.742. The molecule has 2 aromatic carbocycles. The molecule has 29 heavy (non-hydrogen) atoms. The molecular formula is C21H25ClN2O4S. The van der Waals surface area contributed by atoms with Crippen LogP contribution >= 0.6 is 11.6 Å². The lowest BCUT2D eigenvalue weighted by Crippen LogP contribution is -2.35. The molecule has 1 fully saturated rings. The maximum Gasteiger partial charge on any atom is 0.253 e. The molecule has 1 aliphatic heterocycles. The summed E-state index contributed by atoms with van der Waals surface area (Å²) in [7, 11) is -2.05. The number of carbonyl (C=O) groups excluding carboxylic acids is 1. The lowest BCUT2D eigenvalue weighted by Gasteiger charge is -2.26. The monoisotopic (exact) mass is 436 g/mol. The van der Waals surface area contributed by atoms with Crippen molar-refractivity contribution in [2.24, 2.45) is 0 Å². The highest BCUT2D eigenvalue weighted by molar-refractivity contribution is 7.89. The van der Waals surface area contributed by atoms with Gasteiger partial charge in [-0.05, 0) is 55.7 Å². The summed E-state index contributed by atoms with van der Waals surface area (Å²) in [5.41, 5.74) is 1.04. The number of piperidine rings is 1. The number of sulfonamides is 1. The molecule has 0 unspecified atom stereocenters. The van der Waals surface area contributed by atoms with Gasteiger partial charge in [-0.25, -0.2) is 8.42 Å². The number of ether oxygens (including phenoxy) is 1. The van der Waals surface area contributed by atoms with Crippen LogP contribution in [-0.4, -0.2) is 38.8 Å². The number of rotatable bonds is 6. The van der Waals surface area contributed by atoms with Gasteiger partial charge in [0, 0.05) is 13.1 Å². The number of hydrogen-bond acceptors (Lipinski definition) is 4. The van der Waals surface area contributed by atoms with Crippen molar-refractivity contribution < 1.29 is 17.9 Å². The fourth-order valence-electron chi connectivity index (χ4n) is 3.34. The Bertz CT molecular complexity index is 971. The normalized spacial score (nSPS) is 16.2. The van der Waals surface area contributed by atoms with Crippen LogP contribution in [0.3, 0.4) is 0 Å². The number of benzene rings is 2. The number of methoxy groups -OCH3 is 1. The Labute approximate surface area is 176 Å². The maximum atomic E-state index is 12.9. The molecule has 2 aromatic rings. The van der Waals surface area contributed by atoms with Crippen molar-refractivity contribution in [3.8, 4) is 5.75 Å². The molecule has 0 aliphatic carbocycles. The topological polar surface area (TPSA) is 75.7 Å². The minimum Gasteiger partial charge on any atom is -0.497 e. The second kappa shape index (κ2) is 9.15. The number of nitrogens with zero attached hydrogens (tertiary/aromatic N) is 1. The smallest absolute Gasteiger partial charge is 0.253 e. The fourth-order valence-corrected chi connectivity index (χ4v) is 5.09. The molecule has 156 valence electrons. The third-order valence-corrected chi connectivity index (χ3v) is 7.32. The van der Waals surface area contributed by atoms with Gasteiger partial charge in [-0.2, -0.15) is 4.31 Å². The molecule has 1 atom stereocenters. The van der Waals surface area contributed by atoms with Crippen molar-refractivity contribution in [2.45, 2.75) is 37.1 Å². The van der Waals surface area contributed by atoms with Crippen LogP contribution in [0.2, 0.25) is 5.02 Å². The van der Waals surface area contributed by atoms with Crippen molar-refractivity contribution in [3.05, 3.63) is 58.6 Å². The predicted molar refractivity (Wildman–Crippen MR) is 113 cm³/mol. The Morgan fingerprint density at radius 3 is 2.38 bits per heavy atom.